The Morgan fingerprint density at radius 1 is 1.59 bits per heavy atom. The highest BCUT2D eigenvalue weighted by atomic mass is 32.2. The van der Waals surface area contributed by atoms with Crippen molar-refractivity contribution < 1.29 is 22.9 Å². The molecule has 1 fully saturated rings. The van der Waals surface area contributed by atoms with Crippen molar-refractivity contribution in [2.75, 3.05) is 12.8 Å². The molecule has 0 aromatic rings. The van der Waals surface area contributed by atoms with Crippen LogP contribution in [0.5, 0.6) is 0 Å². The average Bonchev–Trinajstić information content (AvgIpc) is 3.16. The predicted molar refractivity (Wildman–Crippen MR) is 88.3 cm³/mol. The number of aldehydes is 1. The van der Waals surface area contributed by atoms with Gasteiger partial charge in [-0.15, -0.1) is 11.8 Å². The zero-order chi connectivity index (χ0) is 17.0. The summed E-state index contributed by atoms with van der Waals surface area (Å²) in [6, 6.07) is 0. The van der Waals surface area contributed by atoms with Crippen LogP contribution in [-0.4, -0.2) is 60.5 Å². The van der Waals surface area contributed by atoms with Crippen LogP contribution in [0.3, 0.4) is 0 Å². The number of hydrogen-bond acceptors (Lipinski definition) is 4. The van der Waals surface area contributed by atoms with Crippen molar-refractivity contribution >= 4 is 41.4 Å². The molecule has 0 bridgehead atoms. The molecule has 0 spiro atoms. The van der Waals surface area contributed by atoms with Crippen molar-refractivity contribution in [3.63, 3.8) is 0 Å². The molecule has 0 aromatic heterocycles. The minimum absolute atomic E-state index is 0.0415. The Morgan fingerprint density at radius 2 is 2.18 bits per heavy atom. The van der Waals surface area contributed by atoms with E-state index in [0.717, 1.165) is 5.75 Å². The maximum atomic E-state index is 11.7. The third kappa shape index (κ3) is 6.05. The first-order valence-corrected chi connectivity index (χ1v) is 9.08. The number of hydrogen-bond donors (Lipinski definition) is 3. The number of amides is 1. The molecule has 1 aliphatic rings. The van der Waals surface area contributed by atoms with Gasteiger partial charge >= 0.3 is 0 Å². The first-order chi connectivity index (χ1) is 10.1. The third-order valence-electron chi connectivity index (χ3n) is 3.40. The number of rotatable bonds is 9. The summed E-state index contributed by atoms with van der Waals surface area (Å²) in [6.07, 6.45) is 2.58. The van der Waals surface area contributed by atoms with E-state index in [1.807, 2.05) is 11.6 Å². The average molecular weight is 350 g/mol. The molecule has 0 aliphatic carbocycles. The predicted octanol–water partition coefficient (Wildman–Crippen LogP) is 0.131. The van der Waals surface area contributed by atoms with Gasteiger partial charge in [0, 0.05) is 12.8 Å². The van der Waals surface area contributed by atoms with E-state index in [2.05, 4.69) is 17.6 Å². The van der Waals surface area contributed by atoms with Crippen LogP contribution in [0.2, 0.25) is 0 Å². The Kier molecular flexibility index (Phi) is 6.57. The lowest BCUT2D eigenvalue weighted by Gasteiger charge is -2.19. The second-order valence-electron chi connectivity index (χ2n) is 6.06. The highest BCUT2D eigenvalue weighted by Crippen LogP contribution is 2.43. The van der Waals surface area contributed by atoms with Crippen LogP contribution in [0.1, 0.15) is 33.6 Å². The van der Waals surface area contributed by atoms with Gasteiger partial charge in [-0.1, -0.05) is 0 Å². The topological polar surface area (TPSA) is 98.5 Å². The van der Waals surface area contributed by atoms with Gasteiger partial charge < -0.3 is 14.7 Å². The summed E-state index contributed by atoms with van der Waals surface area (Å²) in [5.41, 5.74) is -0.928. The molecule has 3 N–H and O–H groups in total. The monoisotopic (exact) mass is 350 g/mol. The van der Waals surface area contributed by atoms with Crippen LogP contribution < -0.4 is 10.6 Å². The van der Waals surface area contributed by atoms with Gasteiger partial charge in [0.05, 0.1) is 18.3 Å². The fourth-order valence-corrected chi connectivity index (χ4v) is 2.76. The van der Waals surface area contributed by atoms with Gasteiger partial charge in [0.15, 0.2) is 21.3 Å². The Balaban J connectivity index is 2.49. The zero-order valence-corrected chi connectivity index (χ0v) is 14.9. The van der Waals surface area contributed by atoms with Crippen molar-refractivity contribution in [2.24, 2.45) is 0 Å². The van der Waals surface area contributed by atoms with Crippen LogP contribution in [0, 0.1) is 0 Å². The molecule has 1 saturated heterocycles. The molecule has 1 heterocycles. The van der Waals surface area contributed by atoms with Crippen molar-refractivity contribution in [2.45, 2.75) is 49.4 Å². The second-order valence-corrected chi connectivity index (χ2v) is 8.64. The molecule has 126 valence electrons. The number of nitrogens with one attached hydrogen (secondary N) is 2. The lowest BCUT2D eigenvalue weighted by molar-refractivity contribution is -0.531. The van der Waals surface area contributed by atoms with Crippen molar-refractivity contribution in [1.82, 2.24) is 10.6 Å². The van der Waals surface area contributed by atoms with Crippen LogP contribution >= 0.6 is 11.8 Å². The summed E-state index contributed by atoms with van der Waals surface area (Å²) in [6.45, 7) is 5.26. The number of carbonyl (C=O) groups is 2. The van der Waals surface area contributed by atoms with E-state index >= 15 is 0 Å². The summed E-state index contributed by atoms with van der Waals surface area (Å²) in [4.78, 5) is 22.5. The lowest BCUT2D eigenvalue weighted by Crippen LogP contribution is -2.45. The fourth-order valence-electron chi connectivity index (χ4n) is 1.60. The highest BCUT2D eigenvalue weighted by Gasteiger charge is 2.44. The van der Waals surface area contributed by atoms with Gasteiger partial charge in [0.25, 0.3) is 0 Å². The van der Waals surface area contributed by atoms with Crippen LogP contribution in [0.4, 0.5) is 0 Å². The number of thioether (sulfide) groups is 1. The third-order valence-corrected chi connectivity index (χ3v) is 5.67. The van der Waals surface area contributed by atoms with E-state index in [1.165, 1.54) is 0 Å². The van der Waals surface area contributed by atoms with Gasteiger partial charge in [-0.3, -0.25) is 14.7 Å². The maximum absolute atomic E-state index is 11.7. The molecule has 0 aromatic carbocycles. The quantitative estimate of drug-likeness (QED) is 0.137. The SMILES string of the molecule is C/[N+](=C\NC(CCC(=O)NC(C)(C)C=O)S(=O)O)C1(C)CS1. The lowest BCUT2D eigenvalue weighted by atomic mass is 10.1. The number of nitrogens with zero attached hydrogens (tertiary/aromatic N) is 1. The second kappa shape index (κ2) is 7.56. The molecule has 0 saturated carbocycles. The molecule has 1 aliphatic heterocycles. The number of carbonyl (C=O) groups excluding carboxylic acids is 2. The Labute approximate surface area is 137 Å². The molecule has 22 heavy (non-hydrogen) atoms. The molecule has 1 amide bonds. The van der Waals surface area contributed by atoms with Crippen molar-refractivity contribution in [1.29, 1.82) is 0 Å². The highest BCUT2D eigenvalue weighted by molar-refractivity contribution is 8.07. The molecule has 0 radical (unpaired) electrons. The maximum Gasteiger partial charge on any atom is 0.233 e. The van der Waals surface area contributed by atoms with Gasteiger partial charge in [0.2, 0.25) is 12.2 Å². The van der Waals surface area contributed by atoms with Crippen molar-refractivity contribution in [3.8, 4) is 0 Å². The van der Waals surface area contributed by atoms with Crippen molar-refractivity contribution in [3.05, 3.63) is 0 Å². The van der Waals surface area contributed by atoms with E-state index < -0.39 is 22.0 Å². The molecule has 9 heteroatoms. The van der Waals surface area contributed by atoms with E-state index in [1.54, 1.807) is 31.9 Å². The van der Waals surface area contributed by atoms with Gasteiger partial charge in [-0.05, 0) is 20.8 Å². The standard InChI is InChI=1S/C13H23N3O4S2/c1-12(2,7-17)15-10(18)5-6-11(22(19)20)14-9-16(4)13(3)8-21-13/h7,9,11H,5-6,8H2,1-4H3,(H2,15,18,19,20)/p+1. The van der Waals surface area contributed by atoms with Crippen LogP contribution in [0.25, 0.3) is 0 Å². The minimum atomic E-state index is -2.09. The summed E-state index contributed by atoms with van der Waals surface area (Å²) in [5.74, 6) is 0.685. The fraction of sp³-hybridized carbons (Fsp3) is 0.769. The Hall–Kier alpha value is -0.930. The van der Waals surface area contributed by atoms with E-state index in [-0.39, 0.29) is 23.6 Å². The molecule has 3 unspecified atom stereocenters. The zero-order valence-electron chi connectivity index (χ0n) is 13.3. The van der Waals surface area contributed by atoms with Gasteiger partial charge in [0.1, 0.15) is 6.29 Å². The minimum Gasteiger partial charge on any atom is -0.344 e. The first kappa shape index (κ1) is 19.1. The molecule has 3 atom stereocenters. The van der Waals surface area contributed by atoms with E-state index in [9.17, 15) is 18.4 Å². The smallest absolute Gasteiger partial charge is 0.233 e. The van der Waals surface area contributed by atoms with Gasteiger partial charge in [-0.25, -0.2) is 4.21 Å². The molecule has 7 nitrogen and oxygen atoms in total. The van der Waals surface area contributed by atoms with Crippen LogP contribution in [-0.2, 0) is 20.7 Å². The Bertz CT molecular complexity index is 490. The van der Waals surface area contributed by atoms with Gasteiger partial charge in [-0.2, -0.15) is 0 Å². The Morgan fingerprint density at radius 3 is 2.64 bits per heavy atom. The first-order valence-electron chi connectivity index (χ1n) is 6.93. The summed E-state index contributed by atoms with van der Waals surface area (Å²) >= 11 is -0.308. The summed E-state index contributed by atoms with van der Waals surface area (Å²) in [5, 5.41) is 4.71. The van der Waals surface area contributed by atoms with E-state index in [0.29, 0.717) is 6.29 Å². The van der Waals surface area contributed by atoms with E-state index in [4.69, 9.17) is 0 Å². The summed E-state index contributed by atoms with van der Waals surface area (Å²) in [7, 11) is 1.89. The molecular formula is C13H24N3O4S2+. The summed E-state index contributed by atoms with van der Waals surface area (Å²) < 4.78 is 22.6. The van der Waals surface area contributed by atoms with Crippen LogP contribution in [0.15, 0.2) is 0 Å². The normalized spacial score (nSPS) is 24.3. The molecular weight excluding hydrogens is 326 g/mol. The largest absolute Gasteiger partial charge is 0.344 e. The molecule has 1 rings (SSSR count).